The van der Waals surface area contributed by atoms with E-state index < -0.39 is 40.6 Å². The highest BCUT2D eigenvalue weighted by atomic mass is 32.2. The number of thioether (sulfide) groups is 1. The molecule has 3 aromatic rings. The number of likely N-dealkylation sites (N-methyl/N-ethyl adjacent to an activating group) is 1. The Morgan fingerprint density at radius 1 is 1.07 bits per heavy atom. The fraction of sp³-hybridized carbons (Fsp3) is 0.447. The van der Waals surface area contributed by atoms with Gasteiger partial charge >= 0.3 is 11.9 Å². The van der Waals surface area contributed by atoms with Crippen molar-refractivity contribution in [3.8, 4) is 6.07 Å². The van der Waals surface area contributed by atoms with E-state index in [1.165, 1.54) is 47.3 Å². The third kappa shape index (κ3) is 11.5. The van der Waals surface area contributed by atoms with Crippen LogP contribution in [0, 0.1) is 28.8 Å². The topological polar surface area (TPSA) is 132 Å². The Balaban J connectivity index is 1.22. The lowest BCUT2D eigenvalue weighted by Gasteiger charge is -2.40. The Morgan fingerprint density at radius 3 is 2.54 bits per heavy atom. The summed E-state index contributed by atoms with van der Waals surface area (Å²) in [6, 6.07) is 9.21. The summed E-state index contributed by atoms with van der Waals surface area (Å²) < 4.78 is 68.8. The molecule has 2 aromatic carbocycles. The van der Waals surface area contributed by atoms with Crippen molar-refractivity contribution in [1.29, 1.82) is 5.26 Å². The highest BCUT2D eigenvalue weighted by molar-refractivity contribution is 8.00. The van der Waals surface area contributed by atoms with E-state index in [1.54, 1.807) is 31.2 Å². The molecule has 2 aliphatic heterocycles. The average Bonchev–Trinajstić information content (AvgIpc) is 3.66. The van der Waals surface area contributed by atoms with E-state index in [-0.39, 0.29) is 68.1 Å². The van der Waals surface area contributed by atoms with Gasteiger partial charge in [-0.15, -0.1) is 11.8 Å². The predicted octanol–water partition coefficient (Wildman–Crippen LogP) is 4.71. The molecule has 12 nitrogen and oxygen atoms in total. The van der Waals surface area contributed by atoms with Crippen LogP contribution >= 0.6 is 11.8 Å². The lowest BCUT2D eigenvalue weighted by atomic mass is 9.89. The number of halogens is 3. The van der Waals surface area contributed by atoms with Gasteiger partial charge < -0.3 is 23.8 Å². The maximum Gasteiger partial charge on any atom is 0.320 e. The number of carbonyl (C=O) groups is 2. The second-order valence-corrected chi connectivity index (χ2v) is 14.7. The van der Waals surface area contributed by atoms with Gasteiger partial charge in [0, 0.05) is 55.0 Å². The van der Waals surface area contributed by atoms with Crippen LogP contribution in [0.4, 0.5) is 13.2 Å². The Kier molecular flexibility index (Phi) is 14.8. The quantitative estimate of drug-likeness (QED) is 0.114. The van der Waals surface area contributed by atoms with Gasteiger partial charge in [0.2, 0.25) is 0 Å². The fourth-order valence-corrected chi connectivity index (χ4v) is 7.38. The molecule has 0 spiro atoms. The standard InChI is InChI=1S/C38H43F3N6O6S/c1-27(54-31-22-51-37(52-23-31)8-4-3-6-29-10-9-28(20-42)18-33(29)40)38(24-47-26-43-25-44-47,32-12-11-30(39)19-34(32)41)53-35(48)7-5-17-50-36(49)21-46-15-13-45(2)14-16-46/h3-4,6,8-12,18-19,25-27,31,37H,5,7,13-17,21-24H2,1-2H3/b6-3+,8-4+/t27-,31?,37?,38-/m1/s1. The molecule has 0 bridgehead atoms. The number of hydrogen-bond acceptors (Lipinski definition) is 12. The lowest BCUT2D eigenvalue weighted by molar-refractivity contribution is -0.164. The Hall–Kier alpha value is -4.53. The summed E-state index contributed by atoms with van der Waals surface area (Å²) in [5.74, 6) is -3.25. The first-order valence-electron chi connectivity index (χ1n) is 17.5. The molecule has 1 aromatic heterocycles. The number of nitriles is 1. The molecule has 2 fully saturated rings. The molecule has 3 heterocycles. The van der Waals surface area contributed by atoms with Crippen molar-refractivity contribution in [3.05, 3.63) is 101 Å². The summed E-state index contributed by atoms with van der Waals surface area (Å²) in [7, 11) is 2.03. The first kappa shape index (κ1) is 40.7. The van der Waals surface area contributed by atoms with E-state index in [1.807, 2.05) is 18.0 Å². The Labute approximate surface area is 316 Å². The zero-order chi connectivity index (χ0) is 38.5. The van der Waals surface area contributed by atoms with E-state index in [0.29, 0.717) is 5.56 Å². The number of esters is 2. The first-order chi connectivity index (χ1) is 26.0. The number of benzene rings is 2. The number of rotatable bonds is 16. The summed E-state index contributed by atoms with van der Waals surface area (Å²) in [4.78, 5) is 34.1. The number of aromatic nitrogens is 3. The molecule has 0 saturated carbocycles. The van der Waals surface area contributed by atoms with Crippen LogP contribution < -0.4 is 0 Å². The van der Waals surface area contributed by atoms with Crippen molar-refractivity contribution in [2.24, 2.45) is 0 Å². The Bertz CT molecular complexity index is 1810. The monoisotopic (exact) mass is 768 g/mol. The van der Waals surface area contributed by atoms with Gasteiger partial charge in [0.05, 0.1) is 49.8 Å². The van der Waals surface area contributed by atoms with Crippen molar-refractivity contribution in [2.45, 2.75) is 48.7 Å². The van der Waals surface area contributed by atoms with Crippen molar-refractivity contribution in [2.75, 3.05) is 59.6 Å². The molecule has 16 heteroatoms. The summed E-state index contributed by atoms with van der Waals surface area (Å²) in [6.45, 7) is 5.53. The number of allylic oxidation sites excluding steroid dienone is 2. The van der Waals surface area contributed by atoms with E-state index in [0.717, 1.165) is 44.4 Å². The van der Waals surface area contributed by atoms with Gasteiger partial charge in [-0.25, -0.2) is 22.8 Å². The number of carbonyl (C=O) groups excluding carboxylic acids is 2. The van der Waals surface area contributed by atoms with Crippen LogP contribution in [0.15, 0.2) is 67.3 Å². The van der Waals surface area contributed by atoms with Crippen molar-refractivity contribution < 1.29 is 41.7 Å². The van der Waals surface area contributed by atoms with Gasteiger partial charge in [-0.3, -0.25) is 14.5 Å². The van der Waals surface area contributed by atoms with Crippen LogP contribution in [0.2, 0.25) is 0 Å². The van der Waals surface area contributed by atoms with Crippen LogP contribution in [0.3, 0.4) is 0 Å². The molecule has 2 aliphatic rings. The van der Waals surface area contributed by atoms with Crippen LogP contribution in [0.25, 0.3) is 6.08 Å². The smallest absolute Gasteiger partial charge is 0.320 e. The highest BCUT2D eigenvalue weighted by Crippen LogP contribution is 2.42. The van der Waals surface area contributed by atoms with Crippen molar-refractivity contribution in [3.63, 3.8) is 0 Å². The van der Waals surface area contributed by atoms with Crippen LogP contribution in [-0.4, -0.2) is 113 Å². The molecule has 2 saturated heterocycles. The van der Waals surface area contributed by atoms with E-state index in [4.69, 9.17) is 24.2 Å². The molecule has 288 valence electrons. The second-order valence-electron chi connectivity index (χ2n) is 13.0. The molecular weight excluding hydrogens is 726 g/mol. The van der Waals surface area contributed by atoms with Crippen LogP contribution in [0.1, 0.15) is 36.5 Å². The van der Waals surface area contributed by atoms with E-state index >= 15 is 4.39 Å². The Morgan fingerprint density at radius 2 is 1.85 bits per heavy atom. The van der Waals surface area contributed by atoms with Crippen molar-refractivity contribution in [1.82, 2.24) is 24.6 Å². The largest absolute Gasteiger partial charge is 0.465 e. The maximum atomic E-state index is 15.7. The molecule has 2 atom stereocenters. The molecule has 5 rings (SSSR count). The zero-order valence-corrected chi connectivity index (χ0v) is 30.9. The summed E-state index contributed by atoms with van der Waals surface area (Å²) in [5.41, 5.74) is -1.18. The van der Waals surface area contributed by atoms with E-state index in [9.17, 15) is 18.4 Å². The van der Waals surface area contributed by atoms with Gasteiger partial charge in [-0.2, -0.15) is 10.4 Å². The normalized spacial score (nSPS) is 20.1. The lowest BCUT2D eigenvalue weighted by Crippen LogP contribution is -2.47. The number of nitrogens with zero attached hydrogens (tertiary/aromatic N) is 6. The summed E-state index contributed by atoms with van der Waals surface area (Å²) in [6.07, 6.45) is 8.59. The van der Waals surface area contributed by atoms with Crippen molar-refractivity contribution >= 4 is 29.8 Å². The van der Waals surface area contributed by atoms with Crippen LogP contribution in [0.5, 0.6) is 0 Å². The summed E-state index contributed by atoms with van der Waals surface area (Å²) in [5, 5.41) is 12.2. The van der Waals surface area contributed by atoms with Gasteiger partial charge in [0.1, 0.15) is 30.1 Å². The minimum Gasteiger partial charge on any atom is -0.465 e. The molecule has 0 N–H and O–H groups in total. The van der Waals surface area contributed by atoms with Gasteiger partial charge in [0.15, 0.2) is 11.9 Å². The second kappa shape index (κ2) is 19.7. The molecule has 0 unspecified atom stereocenters. The predicted molar refractivity (Wildman–Crippen MR) is 194 cm³/mol. The highest BCUT2D eigenvalue weighted by Gasteiger charge is 2.46. The summed E-state index contributed by atoms with van der Waals surface area (Å²) >= 11 is 1.35. The number of piperazine rings is 1. The minimum absolute atomic E-state index is 0.00143. The number of ether oxygens (including phenoxy) is 4. The SMILES string of the molecule is C[C@@H](SC1COC(/C=C/C=C/c2ccc(C#N)cc2F)OC1)[C@@](Cn1cncn1)(OC(=O)CCCOC(=O)CN1CCN(C)CC1)c1ccc(F)cc1F. The van der Waals surface area contributed by atoms with Gasteiger partial charge in [-0.1, -0.05) is 24.3 Å². The maximum absolute atomic E-state index is 15.7. The number of hydrogen-bond donors (Lipinski definition) is 0. The third-order valence-corrected chi connectivity index (χ3v) is 10.5. The molecule has 54 heavy (non-hydrogen) atoms. The average molecular weight is 769 g/mol. The van der Waals surface area contributed by atoms with Crippen LogP contribution in [-0.2, 0) is 40.7 Å². The molecular formula is C38H43F3N6O6S. The fourth-order valence-electron chi connectivity index (χ4n) is 6.02. The molecule has 0 radical (unpaired) electrons. The molecule has 0 aliphatic carbocycles. The minimum atomic E-state index is -1.69. The first-order valence-corrected chi connectivity index (χ1v) is 18.5. The van der Waals surface area contributed by atoms with Gasteiger partial charge in [-0.05, 0) is 50.7 Å². The van der Waals surface area contributed by atoms with E-state index in [2.05, 4.69) is 15.0 Å². The molecule has 0 amide bonds. The third-order valence-electron chi connectivity index (χ3n) is 9.01. The van der Waals surface area contributed by atoms with Gasteiger partial charge in [0.25, 0.3) is 0 Å². The zero-order valence-electron chi connectivity index (χ0n) is 30.1.